The van der Waals surface area contributed by atoms with E-state index in [9.17, 15) is 9.18 Å². The molecule has 1 aromatic heterocycles. The number of hydrogen-bond donors (Lipinski definition) is 3. The Morgan fingerprint density at radius 3 is 2.68 bits per heavy atom. The SMILES string of the molecule is Cl.O=C(Nc1ccc([C@H]2CNCCO2)cc1)c1cc(-c2ccccc2F)n[nH]1. The monoisotopic (exact) mass is 402 g/mol. The van der Waals surface area contributed by atoms with Crippen molar-refractivity contribution in [3.05, 3.63) is 71.7 Å². The minimum absolute atomic E-state index is 0. The van der Waals surface area contributed by atoms with Crippen LogP contribution in [-0.4, -0.2) is 35.8 Å². The second kappa shape index (κ2) is 8.97. The van der Waals surface area contributed by atoms with E-state index >= 15 is 0 Å². The summed E-state index contributed by atoms with van der Waals surface area (Å²) in [5.41, 5.74) is 2.71. The van der Waals surface area contributed by atoms with Crippen LogP contribution in [0, 0.1) is 5.82 Å². The molecule has 3 aromatic rings. The standard InChI is InChI=1S/C20H19FN4O2.ClH/c21-16-4-2-1-3-15(16)17-11-18(25-24-17)20(26)23-14-7-5-13(6-8-14)19-12-22-9-10-27-19;/h1-8,11,19,22H,9-10,12H2,(H,23,26)(H,24,25);1H/t19-;/m1./s1. The Bertz CT molecular complexity index is 939. The lowest BCUT2D eigenvalue weighted by Gasteiger charge is -2.24. The highest BCUT2D eigenvalue weighted by Gasteiger charge is 2.16. The molecular formula is C20H20ClFN4O2. The minimum Gasteiger partial charge on any atom is -0.371 e. The summed E-state index contributed by atoms with van der Waals surface area (Å²) in [6, 6.07) is 15.4. The van der Waals surface area contributed by atoms with E-state index in [0.29, 0.717) is 23.6 Å². The van der Waals surface area contributed by atoms with Gasteiger partial charge in [0.15, 0.2) is 0 Å². The second-order valence-corrected chi connectivity index (χ2v) is 6.29. The molecule has 1 saturated heterocycles. The van der Waals surface area contributed by atoms with Crippen LogP contribution >= 0.6 is 12.4 Å². The van der Waals surface area contributed by atoms with Crippen LogP contribution in [0.15, 0.2) is 54.6 Å². The van der Waals surface area contributed by atoms with Gasteiger partial charge in [-0.05, 0) is 35.9 Å². The van der Waals surface area contributed by atoms with Crippen molar-refractivity contribution >= 4 is 24.0 Å². The highest BCUT2D eigenvalue weighted by molar-refractivity contribution is 6.03. The van der Waals surface area contributed by atoms with E-state index in [1.807, 2.05) is 24.3 Å². The summed E-state index contributed by atoms with van der Waals surface area (Å²) in [5, 5.41) is 12.8. The number of halogens is 2. The fraction of sp³-hybridized carbons (Fsp3) is 0.200. The summed E-state index contributed by atoms with van der Waals surface area (Å²) in [4.78, 5) is 12.4. The van der Waals surface area contributed by atoms with Crippen LogP contribution in [0.4, 0.5) is 10.1 Å². The fourth-order valence-electron chi connectivity index (χ4n) is 3.00. The van der Waals surface area contributed by atoms with E-state index < -0.39 is 0 Å². The fourth-order valence-corrected chi connectivity index (χ4v) is 3.00. The van der Waals surface area contributed by atoms with Crippen molar-refractivity contribution in [2.75, 3.05) is 25.0 Å². The number of hydrogen-bond acceptors (Lipinski definition) is 4. The Labute approximate surface area is 167 Å². The van der Waals surface area contributed by atoms with Crippen molar-refractivity contribution in [2.24, 2.45) is 0 Å². The third kappa shape index (κ3) is 4.39. The van der Waals surface area contributed by atoms with Gasteiger partial charge >= 0.3 is 0 Å². The van der Waals surface area contributed by atoms with Gasteiger partial charge in [-0.2, -0.15) is 5.10 Å². The van der Waals surface area contributed by atoms with Gasteiger partial charge < -0.3 is 15.4 Å². The maximum absolute atomic E-state index is 13.9. The molecule has 0 bridgehead atoms. The number of benzene rings is 2. The van der Waals surface area contributed by atoms with E-state index in [2.05, 4.69) is 20.8 Å². The van der Waals surface area contributed by atoms with Crippen molar-refractivity contribution < 1.29 is 13.9 Å². The number of nitrogens with zero attached hydrogens (tertiary/aromatic N) is 1. The smallest absolute Gasteiger partial charge is 0.273 e. The number of H-pyrrole nitrogens is 1. The van der Waals surface area contributed by atoms with Crippen LogP contribution in [0.3, 0.4) is 0 Å². The van der Waals surface area contributed by atoms with Crippen molar-refractivity contribution in [3.63, 3.8) is 0 Å². The van der Waals surface area contributed by atoms with Gasteiger partial charge in [-0.15, -0.1) is 12.4 Å². The first-order valence-corrected chi connectivity index (χ1v) is 8.74. The first-order valence-electron chi connectivity index (χ1n) is 8.74. The summed E-state index contributed by atoms with van der Waals surface area (Å²) in [6.07, 6.45) is 0.0273. The Balaban J connectivity index is 0.00000225. The van der Waals surface area contributed by atoms with Gasteiger partial charge in [-0.3, -0.25) is 9.89 Å². The largest absolute Gasteiger partial charge is 0.371 e. The van der Waals surface area contributed by atoms with Crippen molar-refractivity contribution in [2.45, 2.75) is 6.10 Å². The van der Waals surface area contributed by atoms with Gasteiger partial charge in [0.05, 0.1) is 18.4 Å². The molecule has 2 aromatic carbocycles. The number of rotatable bonds is 4. The van der Waals surface area contributed by atoms with E-state index in [1.165, 1.54) is 12.1 Å². The van der Waals surface area contributed by atoms with Gasteiger partial charge in [-0.1, -0.05) is 24.3 Å². The average Bonchev–Trinajstić information content (AvgIpc) is 3.20. The van der Waals surface area contributed by atoms with E-state index in [0.717, 1.165) is 18.7 Å². The van der Waals surface area contributed by atoms with Crippen LogP contribution in [0.25, 0.3) is 11.3 Å². The van der Waals surface area contributed by atoms with Gasteiger partial charge in [0.2, 0.25) is 0 Å². The van der Waals surface area contributed by atoms with E-state index in [-0.39, 0.29) is 35.9 Å². The number of carbonyl (C=O) groups is 1. The van der Waals surface area contributed by atoms with Gasteiger partial charge in [-0.25, -0.2) is 4.39 Å². The average molecular weight is 403 g/mol. The molecule has 2 heterocycles. The molecule has 1 aliphatic rings. The number of nitrogens with one attached hydrogen (secondary N) is 3. The number of carbonyl (C=O) groups excluding carboxylic acids is 1. The maximum atomic E-state index is 13.9. The lowest BCUT2D eigenvalue weighted by Crippen LogP contribution is -2.33. The maximum Gasteiger partial charge on any atom is 0.273 e. The van der Waals surface area contributed by atoms with Gasteiger partial charge in [0, 0.05) is 24.3 Å². The van der Waals surface area contributed by atoms with Gasteiger partial charge in [0.1, 0.15) is 11.5 Å². The van der Waals surface area contributed by atoms with Crippen LogP contribution in [0.1, 0.15) is 22.2 Å². The molecule has 0 unspecified atom stereocenters. The molecule has 6 nitrogen and oxygen atoms in total. The number of aromatic nitrogens is 2. The predicted molar refractivity (Wildman–Crippen MR) is 107 cm³/mol. The topological polar surface area (TPSA) is 79.0 Å². The van der Waals surface area contributed by atoms with Crippen molar-refractivity contribution in [3.8, 4) is 11.3 Å². The summed E-state index contributed by atoms with van der Waals surface area (Å²) < 4.78 is 19.6. The number of amides is 1. The summed E-state index contributed by atoms with van der Waals surface area (Å²) in [6.45, 7) is 2.33. The molecule has 3 N–H and O–H groups in total. The van der Waals surface area contributed by atoms with E-state index in [1.54, 1.807) is 18.2 Å². The molecule has 28 heavy (non-hydrogen) atoms. The Kier molecular flexibility index (Phi) is 6.41. The summed E-state index contributed by atoms with van der Waals surface area (Å²) >= 11 is 0. The first kappa shape index (κ1) is 20.0. The summed E-state index contributed by atoms with van der Waals surface area (Å²) in [5.74, 6) is -0.723. The molecule has 0 saturated carbocycles. The lowest BCUT2D eigenvalue weighted by atomic mass is 10.1. The second-order valence-electron chi connectivity index (χ2n) is 6.29. The van der Waals surface area contributed by atoms with Crippen LogP contribution in [-0.2, 0) is 4.74 Å². The van der Waals surface area contributed by atoms with Crippen LogP contribution in [0.5, 0.6) is 0 Å². The van der Waals surface area contributed by atoms with Crippen LogP contribution < -0.4 is 10.6 Å². The zero-order valence-corrected chi connectivity index (χ0v) is 15.8. The van der Waals surface area contributed by atoms with Crippen molar-refractivity contribution in [1.82, 2.24) is 15.5 Å². The molecule has 0 radical (unpaired) electrons. The van der Waals surface area contributed by atoms with Crippen LogP contribution in [0.2, 0.25) is 0 Å². The normalized spacial score (nSPS) is 16.2. The molecule has 1 atom stereocenters. The molecule has 8 heteroatoms. The molecule has 146 valence electrons. The van der Waals surface area contributed by atoms with E-state index in [4.69, 9.17) is 4.74 Å². The number of ether oxygens (including phenoxy) is 1. The number of aromatic amines is 1. The first-order chi connectivity index (χ1) is 13.2. The van der Waals surface area contributed by atoms with Crippen molar-refractivity contribution in [1.29, 1.82) is 0 Å². The molecule has 4 rings (SSSR count). The minimum atomic E-state index is -0.383. The highest BCUT2D eigenvalue weighted by atomic mass is 35.5. The number of anilines is 1. The predicted octanol–water partition coefficient (Wildman–Crippen LogP) is 3.55. The third-order valence-corrected chi connectivity index (χ3v) is 4.44. The molecule has 1 amide bonds. The van der Waals surface area contributed by atoms with Gasteiger partial charge in [0.25, 0.3) is 5.91 Å². The molecule has 0 spiro atoms. The zero-order chi connectivity index (χ0) is 18.6. The highest BCUT2D eigenvalue weighted by Crippen LogP contribution is 2.23. The molecule has 1 fully saturated rings. The lowest BCUT2D eigenvalue weighted by molar-refractivity contribution is 0.0277. The molecule has 0 aliphatic carbocycles. The Hall–Kier alpha value is -2.74. The zero-order valence-electron chi connectivity index (χ0n) is 14.9. The Morgan fingerprint density at radius 1 is 1.18 bits per heavy atom. The quantitative estimate of drug-likeness (QED) is 0.623. The molecule has 1 aliphatic heterocycles. The third-order valence-electron chi connectivity index (χ3n) is 4.44. The molecular weight excluding hydrogens is 383 g/mol. The Morgan fingerprint density at radius 2 is 1.96 bits per heavy atom. The number of morpholine rings is 1. The summed E-state index contributed by atoms with van der Waals surface area (Å²) in [7, 11) is 0.